The van der Waals surface area contributed by atoms with Crippen LogP contribution >= 0.6 is 0 Å². The Labute approximate surface area is 34.4 Å². The zero-order chi connectivity index (χ0) is 4.99. The van der Waals surface area contributed by atoms with E-state index < -0.39 is 5.91 Å². The first-order valence-electron chi connectivity index (χ1n) is 1.33. The molecule has 2 nitrogen and oxygen atoms in total. The highest BCUT2D eigenvalue weighted by Gasteiger charge is 1.75. The van der Waals surface area contributed by atoms with Crippen LogP contribution in [0.5, 0.6) is 0 Å². The summed E-state index contributed by atoms with van der Waals surface area (Å²) in [6, 6.07) is 0. The van der Waals surface area contributed by atoms with Crippen LogP contribution in [0.2, 0.25) is 0 Å². The van der Waals surface area contributed by atoms with Gasteiger partial charge in [0.1, 0.15) is 0 Å². The summed E-state index contributed by atoms with van der Waals surface area (Å²) >= 11 is 0. The molecule has 0 atom stereocenters. The van der Waals surface area contributed by atoms with Gasteiger partial charge in [-0.25, -0.2) is 4.39 Å². The number of halogens is 1. The Bertz CT molecular complexity index is 78.9. The lowest BCUT2D eigenvalue weighted by molar-refractivity contribution is -0.113. The van der Waals surface area contributed by atoms with Crippen molar-refractivity contribution in [3.8, 4) is 0 Å². The number of nitrogens with two attached hydrogens (primary N) is 1. The van der Waals surface area contributed by atoms with E-state index in [1.54, 1.807) is 0 Å². The molecule has 0 saturated carbocycles. The largest absolute Gasteiger partial charge is 0.366 e. The van der Waals surface area contributed by atoms with E-state index in [0.29, 0.717) is 6.08 Å². The van der Waals surface area contributed by atoms with Crippen molar-refractivity contribution in [2.75, 3.05) is 0 Å². The second-order valence-corrected chi connectivity index (χ2v) is 0.695. The minimum atomic E-state index is -0.766. The molecular formula is C3H4FNO. The normalized spacial score (nSPS) is 9.50. The van der Waals surface area contributed by atoms with E-state index in [1.165, 1.54) is 0 Å². The summed E-state index contributed by atoms with van der Waals surface area (Å²) in [5, 5.41) is 0. The van der Waals surface area contributed by atoms with E-state index in [4.69, 9.17) is 0 Å². The molecule has 0 aliphatic carbocycles. The number of amides is 1. The lowest BCUT2D eigenvalue weighted by Gasteiger charge is -1.68. The average Bonchev–Trinajstić information content (AvgIpc) is 1.35. The van der Waals surface area contributed by atoms with Crippen LogP contribution in [-0.2, 0) is 4.79 Å². The van der Waals surface area contributed by atoms with E-state index in [9.17, 15) is 9.18 Å². The first-order chi connectivity index (χ1) is 2.77. The molecule has 0 aromatic heterocycles. The highest BCUT2D eigenvalue weighted by atomic mass is 19.1. The summed E-state index contributed by atoms with van der Waals surface area (Å²) in [6.45, 7) is 0. The number of hydrogen-bond donors (Lipinski definition) is 1. The molecule has 0 aliphatic heterocycles. The third kappa shape index (κ3) is 3.14. The Hall–Kier alpha value is -0.860. The summed E-state index contributed by atoms with van der Waals surface area (Å²) in [7, 11) is 0. The molecule has 0 bridgehead atoms. The smallest absolute Gasteiger partial charge is 0.243 e. The molecule has 34 valence electrons. The van der Waals surface area contributed by atoms with Gasteiger partial charge in [-0.05, 0) is 0 Å². The maximum absolute atomic E-state index is 10.8. The van der Waals surface area contributed by atoms with Crippen LogP contribution in [0.1, 0.15) is 0 Å². The van der Waals surface area contributed by atoms with Gasteiger partial charge in [0.05, 0.1) is 6.33 Å². The van der Waals surface area contributed by atoms with Crippen LogP contribution in [0, 0.1) is 0 Å². The van der Waals surface area contributed by atoms with Crippen molar-refractivity contribution in [1.29, 1.82) is 0 Å². The van der Waals surface area contributed by atoms with Gasteiger partial charge in [0.25, 0.3) is 0 Å². The summed E-state index contributed by atoms with van der Waals surface area (Å²) < 4.78 is 10.8. The molecule has 0 heterocycles. The average molecular weight is 89.1 g/mol. The van der Waals surface area contributed by atoms with Gasteiger partial charge < -0.3 is 5.73 Å². The summed E-state index contributed by atoms with van der Waals surface area (Å²) in [4.78, 5) is 9.49. The second kappa shape index (κ2) is 2.38. The van der Waals surface area contributed by atoms with E-state index in [0.717, 1.165) is 0 Å². The third-order valence-corrected chi connectivity index (χ3v) is 0.227. The first-order valence-corrected chi connectivity index (χ1v) is 1.33. The number of carbonyl (C=O) groups excluding carboxylic acids is 1. The summed E-state index contributed by atoms with van der Waals surface area (Å²) in [5.41, 5.74) is 4.44. The minimum Gasteiger partial charge on any atom is -0.366 e. The van der Waals surface area contributed by atoms with Gasteiger partial charge in [-0.15, -0.1) is 0 Å². The van der Waals surface area contributed by atoms with Crippen molar-refractivity contribution in [3.63, 3.8) is 0 Å². The second-order valence-electron chi connectivity index (χ2n) is 0.695. The first kappa shape index (κ1) is 5.14. The number of rotatable bonds is 1. The van der Waals surface area contributed by atoms with Gasteiger partial charge in [-0.2, -0.15) is 0 Å². The van der Waals surface area contributed by atoms with Gasteiger partial charge in [0.2, 0.25) is 5.91 Å². The highest BCUT2D eigenvalue weighted by molar-refractivity contribution is 5.85. The predicted octanol–water partition coefficient (Wildman–Crippen LogP) is -0.0451. The van der Waals surface area contributed by atoms with Crippen molar-refractivity contribution in [2.45, 2.75) is 0 Å². The summed E-state index contributed by atoms with van der Waals surface area (Å²) in [5.74, 6) is -0.766. The number of primary amides is 1. The summed E-state index contributed by atoms with van der Waals surface area (Å²) in [6.07, 6.45) is 0.738. The zero-order valence-electron chi connectivity index (χ0n) is 3.02. The highest BCUT2D eigenvalue weighted by Crippen LogP contribution is 1.66. The molecule has 0 aromatic carbocycles. The quantitative estimate of drug-likeness (QED) is 0.450. The topological polar surface area (TPSA) is 43.1 Å². The Morgan fingerprint density at radius 2 is 2.33 bits per heavy atom. The predicted molar refractivity (Wildman–Crippen MR) is 19.4 cm³/mol. The molecule has 0 radical (unpaired) electrons. The molecule has 0 fully saturated rings. The van der Waals surface area contributed by atoms with Gasteiger partial charge in [0.15, 0.2) is 0 Å². The molecule has 0 saturated heterocycles. The van der Waals surface area contributed by atoms with Crippen molar-refractivity contribution < 1.29 is 9.18 Å². The Morgan fingerprint density at radius 1 is 1.83 bits per heavy atom. The maximum Gasteiger partial charge on any atom is 0.243 e. The number of hydrogen-bond acceptors (Lipinski definition) is 1. The van der Waals surface area contributed by atoms with Crippen molar-refractivity contribution >= 4 is 5.91 Å². The molecule has 0 spiro atoms. The fourth-order valence-corrected chi connectivity index (χ4v) is 0.0621. The maximum atomic E-state index is 10.8. The van der Waals surface area contributed by atoms with Crippen LogP contribution in [-0.4, -0.2) is 5.91 Å². The molecule has 3 heteroatoms. The third-order valence-electron chi connectivity index (χ3n) is 0.227. The van der Waals surface area contributed by atoms with Crippen LogP contribution in [0.25, 0.3) is 0 Å². The van der Waals surface area contributed by atoms with Crippen molar-refractivity contribution in [1.82, 2.24) is 0 Å². The monoisotopic (exact) mass is 89.0 g/mol. The molecule has 0 rings (SSSR count). The molecule has 0 aromatic rings. The van der Waals surface area contributed by atoms with E-state index in [2.05, 4.69) is 5.73 Å². The van der Waals surface area contributed by atoms with E-state index in [-0.39, 0.29) is 6.33 Å². The molecule has 6 heavy (non-hydrogen) atoms. The Morgan fingerprint density at radius 3 is 2.33 bits per heavy atom. The van der Waals surface area contributed by atoms with Crippen LogP contribution in [0.15, 0.2) is 12.4 Å². The van der Waals surface area contributed by atoms with E-state index in [1.807, 2.05) is 0 Å². The zero-order valence-corrected chi connectivity index (χ0v) is 3.02. The SMILES string of the molecule is NC(=O)C=CF. The fraction of sp³-hybridized carbons (Fsp3) is 0. The lowest BCUT2D eigenvalue weighted by Crippen LogP contribution is -2.04. The molecule has 0 aliphatic rings. The minimum absolute atomic E-state index is 0.0995. The van der Waals surface area contributed by atoms with Crippen molar-refractivity contribution in [3.05, 3.63) is 12.4 Å². The van der Waals surface area contributed by atoms with Gasteiger partial charge in [-0.1, -0.05) is 0 Å². The molecule has 2 N–H and O–H groups in total. The Balaban J connectivity index is 3.30. The standard InChI is InChI=1S/C3H4FNO/c4-2-1-3(5)6/h1-2H,(H2,5,6). The molecular weight excluding hydrogens is 85.0 g/mol. The van der Waals surface area contributed by atoms with E-state index >= 15 is 0 Å². The lowest BCUT2D eigenvalue weighted by atomic mass is 10.6. The van der Waals surface area contributed by atoms with Crippen LogP contribution in [0.4, 0.5) is 4.39 Å². The van der Waals surface area contributed by atoms with Gasteiger partial charge in [0, 0.05) is 6.08 Å². The number of carbonyl (C=O) groups is 1. The van der Waals surface area contributed by atoms with Gasteiger partial charge in [-0.3, -0.25) is 4.79 Å². The molecule has 0 unspecified atom stereocenters. The molecule has 1 amide bonds. The Kier molecular flexibility index (Phi) is 2.04. The van der Waals surface area contributed by atoms with Crippen molar-refractivity contribution in [2.24, 2.45) is 5.73 Å². The van der Waals surface area contributed by atoms with Gasteiger partial charge >= 0.3 is 0 Å². The fourth-order valence-electron chi connectivity index (χ4n) is 0.0621. The van der Waals surface area contributed by atoms with Crippen LogP contribution < -0.4 is 5.73 Å². The van der Waals surface area contributed by atoms with Crippen LogP contribution in [0.3, 0.4) is 0 Å².